The summed E-state index contributed by atoms with van der Waals surface area (Å²) in [7, 11) is 0. The van der Waals surface area contributed by atoms with E-state index in [1.54, 1.807) is 12.3 Å². The van der Waals surface area contributed by atoms with Crippen LogP contribution < -0.4 is 10.1 Å². The van der Waals surface area contributed by atoms with Crippen LogP contribution in [0.2, 0.25) is 0 Å². The Labute approximate surface area is 169 Å². The number of hydrogen-bond acceptors (Lipinski definition) is 3. The topological polar surface area (TPSA) is 51.2 Å². The van der Waals surface area contributed by atoms with Crippen molar-refractivity contribution in [2.24, 2.45) is 0 Å². The smallest absolute Gasteiger partial charge is 0.248 e. The number of amides is 1. The summed E-state index contributed by atoms with van der Waals surface area (Å²) < 4.78 is 5.84. The maximum Gasteiger partial charge on any atom is 0.248 e. The monoisotopic (exact) mass is 380 g/mol. The summed E-state index contributed by atoms with van der Waals surface area (Å²) >= 11 is 0. The Morgan fingerprint density at radius 3 is 2.66 bits per heavy atom. The van der Waals surface area contributed by atoms with Crippen LogP contribution in [0.15, 0.2) is 97.2 Å². The third-order valence-corrected chi connectivity index (χ3v) is 4.42. The molecule has 0 unspecified atom stereocenters. The molecule has 0 saturated carbocycles. The van der Waals surface area contributed by atoms with E-state index >= 15 is 0 Å². The van der Waals surface area contributed by atoms with Gasteiger partial charge in [0, 0.05) is 17.7 Å². The Kier molecular flexibility index (Phi) is 5.63. The molecule has 1 heterocycles. The van der Waals surface area contributed by atoms with Crippen molar-refractivity contribution < 1.29 is 9.53 Å². The van der Waals surface area contributed by atoms with Crippen LogP contribution in [0, 0.1) is 0 Å². The van der Waals surface area contributed by atoms with Gasteiger partial charge in [0.2, 0.25) is 5.91 Å². The molecule has 29 heavy (non-hydrogen) atoms. The molecular formula is C25H20N2O2. The van der Waals surface area contributed by atoms with Crippen molar-refractivity contribution in [2.45, 2.75) is 6.61 Å². The molecule has 4 aromatic rings. The second-order valence-corrected chi connectivity index (χ2v) is 6.55. The number of aromatic nitrogens is 1. The SMILES string of the molecule is O=C(/C=C/c1cccc(OCc2ccccc2)c1)Nc1cccc2cccnc12. The number of nitrogens with zero attached hydrogens (tertiary/aromatic N) is 1. The molecule has 1 aromatic heterocycles. The molecule has 0 spiro atoms. The van der Waals surface area contributed by atoms with E-state index in [9.17, 15) is 4.79 Å². The first-order chi connectivity index (χ1) is 14.3. The van der Waals surface area contributed by atoms with Crippen molar-refractivity contribution in [3.8, 4) is 5.75 Å². The number of fused-ring (bicyclic) bond motifs is 1. The molecule has 0 fully saturated rings. The maximum absolute atomic E-state index is 12.4. The highest BCUT2D eigenvalue weighted by molar-refractivity contribution is 6.06. The number of anilines is 1. The van der Waals surface area contributed by atoms with Crippen molar-refractivity contribution >= 4 is 28.6 Å². The molecule has 0 bridgehead atoms. The average molecular weight is 380 g/mol. The zero-order valence-electron chi connectivity index (χ0n) is 15.8. The fourth-order valence-electron chi connectivity index (χ4n) is 3.00. The highest BCUT2D eigenvalue weighted by Crippen LogP contribution is 2.21. The van der Waals surface area contributed by atoms with Crippen molar-refractivity contribution in [1.82, 2.24) is 4.98 Å². The standard InChI is InChI=1S/C25H20N2O2/c28-24(27-23-13-5-10-21-11-6-16-26-25(21)23)15-14-19-9-4-12-22(17-19)29-18-20-7-2-1-3-8-20/h1-17H,18H2,(H,27,28)/b15-14+. The summed E-state index contributed by atoms with van der Waals surface area (Å²) in [6.45, 7) is 0.503. The fourth-order valence-corrected chi connectivity index (χ4v) is 3.00. The van der Waals surface area contributed by atoms with Crippen molar-refractivity contribution in [3.05, 3.63) is 108 Å². The van der Waals surface area contributed by atoms with Gasteiger partial charge in [-0.25, -0.2) is 0 Å². The summed E-state index contributed by atoms with van der Waals surface area (Å²) in [4.78, 5) is 16.7. The molecule has 0 atom stereocenters. The largest absolute Gasteiger partial charge is 0.489 e. The van der Waals surface area contributed by atoms with Crippen molar-refractivity contribution in [3.63, 3.8) is 0 Å². The van der Waals surface area contributed by atoms with E-state index in [2.05, 4.69) is 10.3 Å². The molecule has 0 aliphatic heterocycles. The second-order valence-electron chi connectivity index (χ2n) is 6.55. The van der Waals surface area contributed by atoms with Crippen molar-refractivity contribution in [2.75, 3.05) is 5.32 Å². The van der Waals surface area contributed by atoms with Gasteiger partial charge in [-0.15, -0.1) is 0 Å². The average Bonchev–Trinajstić information content (AvgIpc) is 2.78. The Balaban J connectivity index is 1.41. The summed E-state index contributed by atoms with van der Waals surface area (Å²) in [6.07, 6.45) is 5.00. The first-order valence-corrected chi connectivity index (χ1v) is 9.37. The lowest BCUT2D eigenvalue weighted by Gasteiger charge is -2.07. The number of nitrogens with one attached hydrogen (secondary N) is 1. The lowest BCUT2D eigenvalue weighted by molar-refractivity contribution is -0.111. The zero-order chi connectivity index (χ0) is 19.9. The highest BCUT2D eigenvalue weighted by Gasteiger charge is 2.04. The Morgan fingerprint density at radius 2 is 1.76 bits per heavy atom. The van der Waals surface area contributed by atoms with Crippen molar-refractivity contribution in [1.29, 1.82) is 0 Å². The van der Waals surface area contributed by atoms with Crippen LogP contribution in [0.25, 0.3) is 17.0 Å². The van der Waals surface area contributed by atoms with Crippen LogP contribution in [-0.4, -0.2) is 10.9 Å². The number of carbonyl (C=O) groups excluding carboxylic acids is 1. The molecular weight excluding hydrogens is 360 g/mol. The number of pyridine rings is 1. The number of ether oxygens (including phenoxy) is 1. The molecule has 0 aliphatic rings. The first kappa shape index (κ1) is 18.4. The third kappa shape index (κ3) is 4.87. The summed E-state index contributed by atoms with van der Waals surface area (Å²) in [5.74, 6) is 0.549. The minimum atomic E-state index is -0.209. The van der Waals surface area contributed by atoms with Crippen LogP contribution in [0.5, 0.6) is 5.75 Å². The van der Waals surface area contributed by atoms with Gasteiger partial charge >= 0.3 is 0 Å². The summed E-state index contributed by atoms with van der Waals surface area (Å²) in [5.41, 5.74) is 3.46. The minimum absolute atomic E-state index is 0.209. The first-order valence-electron chi connectivity index (χ1n) is 9.37. The van der Waals surface area contributed by atoms with Gasteiger partial charge in [-0.05, 0) is 41.5 Å². The van der Waals surface area contributed by atoms with E-state index in [0.717, 1.165) is 27.8 Å². The number of rotatable bonds is 6. The predicted octanol–water partition coefficient (Wildman–Crippen LogP) is 5.47. The molecule has 4 heteroatoms. The maximum atomic E-state index is 12.4. The van der Waals surface area contributed by atoms with Crippen LogP contribution >= 0.6 is 0 Å². The van der Waals surface area contributed by atoms with E-state index in [1.807, 2.05) is 84.9 Å². The molecule has 4 rings (SSSR count). The fraction of sp³-hybridized carbons (Fsp3) is 0.0400. The number of hydrogen-bond donors (Lipinski definition) is 1. The molecule has 1 amide bonds. The zero-order valence-corrected chi connectivity index (χ0v) is 15.8. The molecule has 1 N–H and O–H groups in total. The van der Waals surface area contributed by atoms with E-state index in [-0.39, 0.29) is 5.91 Å². The van der Waals surface area contributed by atoms with E-state index in [1.165, 1.54) is 6.08 Å². The van der Waals surface area contributed by atoms with Gasteiger partial charge in [0.15, 0.2) is 0 Å². The lowest BCUT2D eigenvalue weighted by atomic mass is 10.2. The van der Waals surface area contributed by atoms with Gasteiger partial charge in [0.25, 0.3) is 0 Å². The molecule has 0 saturated heterocycles. The molecule has 142 valence electrons. The number of carbonyl (C=O) groups is 1. The lowest BCUT2D eigenvalue weighted by Crippen LogP contribution is -2.08. The van der Waals surface area contributed by atoms with Gasteiger partial charge in [-0.3, -0.25) is 9.78 Å². The van der Waals surface area contributed by atoms with E-state index in [4.69, 9.17) is 4.74 Å². The van der Waals surface area contributed by atoms with Gasteiger partial charge in [0.05, 0.1) is 11.2 Å². The van der Waals surface area contributed by atoms with Gasteiger partial charge in [-0.2, -0.15) is 0 Å². The quantitative estimate of drug-likeness (QED) is 0.452. The van der Waals surface area contributed by atoms with E-state index < -0.39 is 0 Å². The highest BCUT2D eigenvalue weighted by atomic mass is 16.5. The normalized spacial score (nSPS) is 10.9. The van der Waals surface area contributed by atoms with E-state index in [0.29, 0.717) is 12.3 Å². The summed E-state index contributed by atoms with van der Waals surface area (Å²) in [5, 5.41) is 3.88. The second kappa shape index (κ2) is 8.85. The Bertz CT molecular complexity index is 1150. The third-order valence-electron chi connectivity index (χ3n) is 4.42. The number of para-hydroxylation sites is 1. The minimum Gasteiger partial charge on any atom is -0.489 e. The number of benzene rings is 3. The molecule has 4 nitrogen and oxygen atoms in total. The van der Waals surface area contributed by atoms with Crippen LogP contribution in [0.3, 0.4) is 0 Å². The van der Waals surface area contributed by atoms with Gasteiger partial charge in [-0.1, -0.05) is 60.7 Å². The Morgan fingerprint density at radius 1 is 0.931 bits per heavy atom. The van der Waals surface area contributed by atoms with Gasteiger partial charge < -0.3 is 10.1 Å². The molecule has 0 radical (unpaired) electrons. The molecule has 0 aliphatic carbocycles. The molecule has 3 aromatic carbocycles. The van der Waals surface area contributed by atoms with Crippen LogP contribution in [0.4, 0.5) is 5.69 Å². The van der Waals surface area contributed by atoms with Crippen LogP contribution in [-0.2, 0) is 11.4 Å². The Hall–Kier alpha value is -3.92. The summed E-state index contributed by atoms with van der Waals surface area (Å²) in [6, 6.07) is 27.2. The van der Waals surface area contributed by atoms with Gasteiger partial charge in [0.1, 0.15) is 12.4 Å². The van der Waals surface area contributed by atoms with Crippen LogP contribution in [0.1, 0.15) is 11.1 Å². The predicted molar refractivity (Wildman–Crippen MR) is 117 cm³/mol.